The van der Waals surface area contributed by atoms with Crippen molar-refractivity contribution in [3.63, 3.8) is 0 Å². The highest BCUT2D eigenvalue weighted by atomic mass is 16.1. The standard InChI is InChI=1S/C23H31N5O/c1-27(2)15-13-24-23(29)18-10-7-14-28(16-18)22-19-11-6-12-20(19)25-21(26-22)17-8-4-3-5-9-17/h3-5,8-9,18H,6-7,10-16H2,1-2H3,(H,24,29). The predicted molar refractivity (Wildman–Crippen MR) is 116 cm³/mol. The highest BCUT2D eigenvalue weighted by Crippen LogP contribution is 2.33. The quantitative estimate of drug-likeness (QED) is 0.817. The number of likely N-dealkylation sites (N-methyl/N-ethyl adjacent to an activating group) is 1. The number of aromatic nitrogens is 2. The molecule has 1 aromatic carbocycles. The van der Waals surface area contributed by atoms with Crippen LogP contribution in [0.4, 0.5) is 5.82 Å². The molecule has 1 aliphatic carbocycles. The number of nitrogens with zero attached hydrogens (tertiary/aromatic N) is 4. The van der Waals surface area contributed by atoms with Gasteiger partial charge in [0.1, 0.15) is 5.82 Å². The van der Waals surface area contributed by atoms with Crippen LogP contribution in [0.1, 0.15) is 30.5 Å². The average molecular weight is 394 g/mol. The molecule has 2 aliphatic rings. The van der Waals surface area contributed by atoms with Crippen LogP contribution in [-0.2, 0) is 17.6 Å². The Morgan fingerprint density at radius 1 is 1.17 bits per heavy atom. The van der Waals surface area contributed by atoms with Crippen LogP contribution in [0, 0.1) is 5.92 Å². The van der Waals surface area contributed by atoms with Crippen molar-refractivity contribution < 1.29 is 4.79 Å². The molecule has 6 heteroatoms. The number of benzene rings is 1. The third kappa shape index (κ3) is 4.58. The van der Waals surface area contributed by atoms with Crippen LogP contribution in [0.3, 0.4) is 0 Å². The molecule has 1 atom stereocenters. The minimum absolute atomic E-state index is 0.0260. The number of hydrogen-bond acceptors (Lipinski definition) is 5. The predicted octanol–water partition coefficient (Wildman–Crippen LogP) is 2.53. The van der Waals surface area contributed by atoms with Crippen molar-refractivity contribution in [1.29, 1.82) is 0 Å². The van der Waals surface area contributed by atoms with E-state index in [0.29, 0.717) is 6.54 Å². The van der Waals surface area contributed by atoms with Gasteiger partial charge in [-0.2, -0.15) is 0 Å². The van der Waals surface area contributed by atoms with Gasteiger partial charge < -0.3 is 15.1 Å². The van der Waals surface area contributed by atoms with Crippen LogP contribution < -0.4 is 10.2 Å². The molecule has 6 nitrogen and oxygen atoms in total. The number of anilines is 1. The van der Waals surface area contributed by atoms with Crippen molar-refractivity contribution in [2.45, 2.75) is 32.1 Å². The zero-order chi connectivity index (χ0) is 20.2. The molecule has 1 saturated heterocycles. The highest BCUT2D eigenvalue weighted by Gasteiger charge is 2.30. The minimum atomic E-state index is 0.0260. The number of aryl methyl sites for hydroxylation is 1. The SMILES string of the molecule is CN(C)CCNC(=O)C1CCCN(c2nc(-c3ccccc3)nc3c2CCC3)C1. The van der Waals surface area contributed by atoms with Gasteiger partial charge in [0.25, 0.3) is 0 Å². The minimum Gasteiger partial charge on any atom is -0.355 e. The van der Waals surface area contributed by atoms with Crippen LogP contribution in [-0.4, -0.2) is 61.0 Å². The number of amides is 1. The number of fused-ring (bicyclic) bond motifs is 1. The molecule has 0 radical (unpaired) electrons. The van der Waals surface area contributed by atoms with E-state index in [4.69, 9.17) is 9.97 Å². The Kier molecular flexibility index (Phi) is 6.09. The molecule has 154 valence electrons. The van der Waals surface area contributed by atoms with Crippen molar-refractivity contribution in [2.24, 2.45) is 5.92 Å². The molecule has 1 unspecified atom stereocenters. The summed E-state index contributed by atoms with van der Waals surface area (Å²) in [7, 11) is 4.04. The van der Waals surface area contributed by atoms with E-state index < -0.39 is 0 Å². The fourth-order valence-electron chi connectivity index (χ4n) is 4.32. The van der Waals surface area contributed by atoms with Crippen LogP contribution in [0.2, 0.25) is 0 Å². The van der Waals surface area contributed by atoms with Crippen molar-refractivity contribution in [2.75, 3.05) is 45.2 Å². The van der Waals surface area contributed by atoms with Gasteiger partial charge in [0, 0.05) is 43.0 Å². The lowest BCUT2D eigenvalue weighted by atomic mass is 9.96. The number of hydrogen-bond donors (Lipinski definition) is 1. The number of piperidine rings is 1. The van der Waals surface area contributed by atoms with Gasteiger partial charge >= 0.3 is 0 Å². The van der Waals surface area contributed by atoms with Gasteiger partial charge in [-0.3, -0.25) is 4.79 Å². The van der Waals surface area contributed by atoms with Crippen LogP contribution >= 0.6 is 0 Å². The molecular formula is C23H31N5O. The van der Waals surface area contributed by atoms with Crippen molar-refractivity contribution in [3.05, 3.63) is 41.6 Å². The second kappa shape index (κ2) is 8.91. The second-order valence-corrected chi connectivity index (χ2v) is 8.40. The fourth-order valence-corrected chi connectivity index (χ4v) is 4.32. The molecule has 0 bridgehead atoms. The van der Waals surface area contributed by atoms with E-state index >= 15 is 0 Å². The first-order valence-electron chi connectivity index (χ1n) is 10.7. The molecule has 1 aliphatic heterocycles. The lowest BCUT2D eigenvalue weighted by molar-refractivity contribution is -0.125. The first kappa shape index (κ1) is 19.8. The Balaban J connectivity index is 1.54. The van der Waals surface area contributed by atoms with Crippen molar-refractivity contribution >= 4 is 11.7 Å². The van der Waals surface area contributed by atoms with Crippen LogP contribution in [0.25, 0.3) is 11.4 Å². The summed E-state index contributed by atoms with van der Waals surface area (Å²) in [5.41, 5.74) is 3.53. The van der Waals surface area contributed by atoms with Gasteiger partial charge in [0.15, 0.2) is 5.82 Å². The van der Waals surface area contributed by atoms with Gasteiger partial charge in [0.2, 0.25) is 5.91 Å². The van der Waals surface area contributed by atoms with Gasteiger partial charge in [0.05, 0.1) is 5.92 Å². The Morgan fingerprint density at radius 2 is 2.00 bits per heavy atom. The van der Waals surface area contributed by atoms with E-state index in [-0.39, 0.29) is 11.8 Å². The maximum absolute atomic E-state index is 12.7. The molecule has 2 heterocycles. The van der Waals surface area contributed by atoms with Crippen LogP contribution in [0.5, 0.6) is 0 Å². The Labute approximate surface area is 173 Å². The third-order valence-corrected chi connectivity index (χ3v) is 5.89. The van der Waals surface area contributed by atoms with Crippen molar-refractivity contribution in [3.8, 4) is 11.4 Å². The molecule has 1 fully saturated rings. The summed E-state index contributed by atoms with van der Waals surface area (Å²) in [6, 6.07) is 10.2. The number of rotatable bonds is 6. The monoisotopic (exact) mass is 393 g/mol. The largest absolute Gasteiger partial charge is 0.355 e. The lowest BCUT2D eigenvalue weighted by Crippen LogP contribution is -2.45. The molecule has 0 saturated carbocycles. The Morgan fingerprint density at radius 3 is 2.79 bits per heavy atom. The summed E-state index contributed by atoms with van der Waals surface area (Å²) in [6.45, 7) is 3.26. The first-order chi connectivity index (χ1) is 14.1. The topological polar surface area (TPSA) is 61.4 Å². The Hall–Kier alpha value is -2.47. The number of carbonyl (C=O) groups is 1. The van der Waals surface area contributed by atoms with E-state index in [9.17, 15) is 4.79 Å². The third-order valence-electron chi connectivity index (χ3n) is 5.89. The molecule has 1 amide bonds. The van der Waals surface area contributed by atoms with Crippen LogP contribution in [0.15, 0.2) is 30.3 Å². The number of carbonyl (C=O) groups excluding carboxylic acids is 1. The summed E-state index contributed by atoms with van der Waals surface area (Å²) in [5, 5.41) is 3.11. The molecule has 29 heavy (non-hydrogen) atoms. The Bertz CT molecular complexity index is 852. The van der Waals surface area contributed by atoms with E-state index in [1.165, 1.54) is 11.3 Å². The maximum atomic E-state index is 12.7. The average Bonchev–Trinajstić information content (AvgIpc) is 3.22. The zero-order valence-corrected chi connectivity index (χ0v) is 17.5. The molecular weight excluding hydrogens is 362 g/mol. The van der Waals surface area contributed by atoms with Gasteiger partial charge in [-0.05, 0) is 46.2 Å². The molecule has 1 aromatic heterocycles. The smallest absolute Gasteiger partial charge is 0.224 e. The summed E-state index contributed by atoms with van der Waals surface area (Å²) < 4.78 is 0. The highest BCUT2D eigenvalue weighted by molar-refractivity contribution is 5.79. The molecule has 1 N–H and O–H groups in total. The van der Waals surface area contributed by atoms with Crippen molar-refractivity contribution in [1.82, 2.24) is 20.2 Å². The van der Waals surface area contributed by atoms with E-state index in [1.54, 1.807) is 0 Å². The fraction of sp³-hybridized carbons (Fsp3) is 0.522. The molecule has 2 aromatic rings. The van der Waals surface area contributed by atoms with Gasteiger partial charge in [-0.1, -0.05) is 30.3 Å². The van der Waals surface area contributed by atoms with Gasteiger partial charge in [-0.15, -0.1) is 0 Å². The lowest BCUT2D eigenvalue weighted by Gasteiger charge is -2.34. The zero-order valence-electron chi connectivity index (χ0n) is 17.5. The normalized spacial score (nSPS) is 18.7. The van der Waals surface area contributed by atoms with E-state index in [0.717, 1.165) is 68.9 Å². The second-order valence-electron chi connectivity index (χ2n) is 8.40. The summed E-state index contributed by atoms with van der Waals surface area (Å²) >= 11 is 0. The van der Waals surface area contributed by atoms with Gasteiger partial charge in [-0.25, -0.2) is 9.97 Å². The molecule has 0 spiro atoms. The maximum Gasteiger partial charge on any atom is 0.224 e. The first-order valence-corrected chi connectivity index (χ1v) is 10.7. The summed E-state index contributed by atoms with van der Waals surface area (Å²) in [6.07, 6.45) is 5.16. The molecule has 4 rings (SSSR count). The number of nitrogens with one attached hydrogen (secondary N) is 1. The van der Waals surface area contributed by atoms with E-state index in [1.807, 2.05) is 32.3 Å². The van der Waals surface area contributed by atoms with E-state index in [2.05, 4.69) is 27.2 Å². The summed E-state index contributed by atoms with van der Waals surface area (Å²) in [5.74, 6) is 2.06. The summed E-state index contributed by atoms with van der Waals surface area (Å²) in [4.78, 5) is 27.0.